The van der Waals surface area contributed by atoms with Gasteiger partial charge in [-0.15, -0.1) is 0 Å². The molecule has 3 aromatic heterocycles. The van der Waals surface area contributed by atoms with Crippen molar-refractivity contribution in [1.29, 1.82) is 0 Å². The van der Waals surface area contributed by atoms with Gasteiger partial charge in [0.05, 0.1) is 17.6 Å². The zero-order valence-corrected chi connectivity index (χ0v) is 17.3. The average molecular weight is 371 g/mol. The second kappa shape index (κ2) is 7.64. The SMILES string of the molecule is Cc1nn(C)c(C)c1-c1nc(NCCN(C(C)C)C(C)C)c2[nH]cnc2n1. The molecular weight excluding hydrogens is 340 g/mol. The van der Waals surface area contributed by atoms with Crippen LogP contribution in [0.3, 0.4) is 0 Å². The summed E-state index contributed by atoms with van der Waals surface area (Å²) in [5.74, 6) is 1.44. The lowest BCUT2D eigenvalue weighted by molar-refractivity contribution is 0.182. The van der Waals surface area contributed by atoms with E-state index in [0.717, 1.165) is 41.4 Å². The topological polar surface area (TPSA) is 87.5 Å². The van der Waals surface area contributed by atoms with Gasteiger partial charge < -0.3 is 10.3 Å². The molecule has 3 aromatic rings. The van der Waals surface area contributed by atoms with E-state index in [0.29, 0.717) is 23.6 Å². The molecule has 0 atom stereocenters. The molecule has 0 saturated heterocycles. The van der Waals surface area contributed by atoms with Gasteiger partial charge in [0.2, 0.25) is 0 Å². The third kappa shape index (κ3) is 3.80. The van der Waals surface area contributed by atoms with Gasteiger partial charge in [-0.3, -0.25) is 9.58 Å². The van der Waals surface area contributed by atoms with Crippen LogP contribution in [0.5, 0.6) is 0 Å². The molecule has 2 N–H and O–H groups in total. The zero-order chi connectivity index (χ0) is 19.7. The largest absolute Gasteiger partial charge is 0.367 e. The quantitative estimate of drug-likeness (QED) is 0.665. The molecule has 0 spiro atoms. The molecule has 0 fully saturated rings. The highest BCUT2D eigenvalue weighted by molar-refractivity contribution is 5.85. The van der Waals surface area contributed by atoms with Crippen molar-refractivity contribution in [3.8, 4) is 11.4 Å². The van der Waals surface area contributed by atoms with Crippen molar-refractivity contribution in [2.45, 2.75) is 53.6 Å². The van der Waals surface area contributed by atoms with Crippen molar-refractivity contribution in [2.75, 3.05) is 18.4 Å². The van der Waals surface area contributed by atoms with Crippen LogP contribution < -0.4 is 5.32 Å². The van der Waals surface area contributed by atoms with Gasteiger partial charge >= 0.3 is 0 Å². The number of nitrogens with zero attached hydrogens (tertiary/aromatic N) is 6. The predicted molar refractivity (Wildman–Crippen MR) is 109 cm³/mol. The van der Waals surface area contributed by atoms with E-state index < -0.39 is 0 Å². The molecule has 0 saturated carbocycles. The Balaban J connectivity index is 1.90. The lowest BCUT2D eigenvalue weighted by Gasteiger charge is -2.30. The highest BCUT2D eigenvalue weighted by atomic mass is 15.3. The summed E-state index contributed by atoms with van der Waals surface area (Å²) in [4.78, 5) is 19.4. The fourth-order valence-corrected chi connectivity index (χ4v) is 3.59. The molecule has 0 amide bonds. The Bertz CT molecular complexity index is 913. The molecule has 146 valence electrons. The molecule has 0 aliphatic carbocycles. The first-order valence-electron chi connectivity index (χ1n) is 9.50. The minimum Gasteiger partial charge on any atom is -0.367 e. The van der Waals surface area contributed by atoms with Crippen LogP contribution in [0.4, 0.5) is 5.82 Å². The third-order valence-electron chi connectivity index (χ3n) is 5.01. The van der Waals surface area contributed by atoms with Gasteiger partial charge in [-0.25, -0.2) is 15.0 Å². The molecule has 0 radical (unpaired) electrons. The normalized spacial score (nSPS) is 12.1. The Kier molecular flexibility index (Phi) is 5.46. The highest BCUT2D eigenvalue weighted by Gasteiger charge is 2.18. The smallest absolute Gasteiger partial charge is 0.183 e. The van der Waals surface area contributed by atoms with E-state index >= 15 is 0 Å². The lowest BCUT2D eigenvalue weighted by atomic mass is 10.2. The molecule has 0 bridgehead atoms. The maximum atomic E-state index is 4.80. The van der Waals surface area contributed by atoms with Gasteiger partial charge in [-0.2, -0.15) is 5.10 Å². The van der Waals surface area contributed by atoms with E-state index in [2.05, 4.69) is 58.0 Å². The highest BCUT2D eigenvalue weighted by Crippen LogP contribution is 2.27. The van der Waals surface area contributed by atoms with Crippen molar-refractivity contribution in [3.63, 3.8) is 0 Å². The lowest BCUT2D eigenvalue weighted by Crippen LogP contribution is -2.40. The predicted octanol–water partition coefficient (Wildman–Crippen LogP) is 2.90. The van der Waals surface area contributed by atoms with Crippen molar-refractivity contribution in [1.82, 2.24) is 34.6 Å². The van der Waals surface area contributed by atoms with E-state index in [1.54, 1.807) is 6.33 Å². The van der Waals surface area contributed by atoms with E-state index in [-0.39, 0.29) is 0 Å². The monoisotopic (exact) mass is 370 g/mol. The summed E-state index contributed by atoms with van der Waals surface area (Å²) in [6, 6.07) is 1.00. The molecule has 27 heavy (non-hydrogen) atoms. The summed E-state index contributed by atoms with van der Waals surface area (Å²) >= 11 is 0. The first kappa shape index (κ1) is 19.3. The number of H-pyrrole nitrogens is 1. The van der Waals surface area contributed by atoms with Crippen LogP contribution in [0.15, 0.2) is 6.33 Å². The molecule has 8 nitrogen and oxygen atoms in total. The number of aromatic nitrogens is 6. The van der Waals surface area contributed by atoms with E-state index in [1.807, 2.05) is 25.6 Å². The molecule has 0 aliphatic rings. The second-order valence-corrected chi connectivity index (χ2v) is 7.52. The number of nitrogens with one attached hydrogen (secondary N) is 2. The van der Waals surface area contributed by atoms with Crippen LogP contribution >= 0.6 is 0 Å². The number of imidazole rings is 1. The van der Waals surface area contributed by atoms with Crippen LogP contribution in [-0.4, -0.2) is 59.8 Å². The Labute approximate surface area is 160 Å². The molecule has 0 aromatic carbocycles. The van der Waals surface area contributed by atoms with Crippen LogP contribution in [0.2, 0.25) is 0 Å². The molecule has 0 aliphatic heterocycles. The van der Waals surface area contributed by atoms with Gasteiger partial charge in [0.15, 0.2) is 17.3 Å². The van der Waals surface area contributed by atoms with Crippen molar-refractivity contribution < 1.29 is 0 Å². The summed E-state index contributed by atoms with van der Waals surface area (Å²) in [7, 11) is 1.94. The van der Waals surface area contributed by atoms with E-state index in [4.69, 9.17) is 4.98 Å². The zero-order valence-electron chi connectivity index (χ0n) is 17.3. The summed E-state index contributed by atoms with van der Waals surface area (Å²) in [5, 5.41) is 7.97. The van der Waals surface area contributed by atoms with Crippen LogP contribution in [0.1, 0.15) is 39.1 Å². The maximum Gasteiger partial charge on any atom is 0.183 e. The van der Waals surface area contributed by atoms with Crippen LogP contribution in [0, 0.1) is 13.8 Å². The van der Waals surface area contributed by atoms with Gasteiger partial charge in [0, 0.05) is 37.9 Å². The number of anilines is 1. The molecule has 3 rings (SSSR count). The van der Waals surface area contributed by atoms with Crippen molar-refractivity contribution in [2.24, 2.45) is 7.05 Å². The minimum atomic E-state index is 0.501. The standard InChI is InChI=1S/C19H30N8/c1-11(2)27(12(3)4)9-8-20-18-16-19(22-10-21-16)24-17(23-18)15-13(5)25-26(7)14(15)6/h10-12H,8-9H2,1-7H3,(H2,20,21,22,23,24). The van der Waals surface area contributed by atoms with Crippen molar-refractivity contribution in [3.05, 3.63) is 17.7 Å². The van der Waals surface area contributed by atoms with Gasteiger partial charge in [0.1, 0.15) is 5.52 Å². The number of rotatable bonds is 7. The van der Waals surface area contributed by atoms with Crippen molar-refractivity contribution >= 4 is 17.0 Å². The molecular formula is C19H30N8. The van der Waals surface area contributed by atoms with Gasteiger partial charge in [0.25, 0.3) is 0 Å². The molecule has 8 heteroatoms. The third-order valence-corrected chi connectivity index (χ3v) is 5.01. The number of fused-ring (bicyclic) bond motifs is 1. The Hall–Kier alpha value is -2.48. The fraction of sp³-hybridized carbons (Fsp3) is 0.579. The fourth-order valence-electron chi connectivity index (χ4n) is 3.59. The number of aromatic amines is 1. The number of hydrogen-bond donors (Lipinski definition) is 2. The van der Waals surface area contributed by atoms with Gasteiger partial charge in [-0.1, -0.05) is 0 Å². The Morgan fingerprint density at radius 2 is 1.85 bits per heavy atom. The minimum absolute atomic E-state index is 0.501. The number of aryl methyl sites for hydroxylation is 2. The van der Waals surface area contributed by atoms with Crippen LogP contribution in [-0.2, 0) is 7.05 Å². The van der Waals surface area contributed by atoms with E-state index in [9.17, 15) is 0 Å². The summed E-state index contributed by atoms with van der Waals surface area (Å²) in [6.07, 6.45) is 1.66. The Morgan fingerprint density at radius 1 is 1.15 bits per heavy atom. The van der Waals surface area contributed by atoms with Gasteiger partial charge in [-0.05, 0) is 41.5 Å². The van der Waals surface area contributed by atoms with Crippen LogP contribution in [0.25, 0.3) is 22.6 Å². The Morgan fingerprint density at radius 3 is 2.44 bits per heavy atom. The average Bonchev–Trinajstić information content (AvgIpc) is 3.15. The molecule has 0 unspecified atom stereocenters. The first-order valence-corrected chi connectivity index (χ1v) is 9.50. The first-order chi connectivity index (χ1) is 12.8. The van der Waals surface area contributed by atoms with E-state index in [1.165, 1.54) is 0 Å². The summed E-state index contributed by atoms with van der Waals surface area (Å²) in [6.45, 7) is 14.7. The summed E-state index contributed by atoms with van der Waals surface area (Å²) < 4.78 is 1.86. The molecule has 3 heterocycles. The number of hydrogen-bond acceptors (Lipinski definition) is 6. The second-order valence-electron chi connectivity index (χ2n) is 7.52. The summed E-state index contributed by atoms with van der Waals surface area (Å²) in [5.41, 5.74) is 4.42. The maximum absolute atomic E-state index is 4.80.